The van der Waals surface area contributed by atoms with Gasteiger partial charge in [-0.1, -0.05) is 63.2 Å². The van der Waals surface area contributed by atoms with E-state index in [0.717, 1.165) is 18.8 Å². The number of ether oxygens (including phenoxy) is 2. The highest BCUT2D eigenvalue weighted by Gasteiger charge is 2.21. The number of hydrogen-bond acceptors (Lipinski definition) is 2. The second-order valence-electron chi connectivity index (χ2n) is 6.92. The van der Waals surface area contributed by atoms with Gasteiger partial charge in [-0.3, -0.25) is 0 Å². The fourth-order valence-electron chi connectivity index (χ4n) is 2.78. The van der Waals surface area contributed by atoms with E-state index in [-0.39, 0.29) is 11.5 Å². The van der Waals surface area contributed by atoms with Gasteiger partial charge in [0.25, 0.3) is 0 Å². The second kappa shape index (κ2) is 6.13. The number of benzene rings is 2. The normalized spacial score (nSPS) is 17.7. The van der Waals surface area contributed by atoms with Crippen LogP contribution in [-0.2, 0) is 16.8 Å². The van der Waals surface area contributed by atoms with Crippen molar-refractivity contribution in [2.24, 2.45) is 0 Å². The Hall–Kier alpha value is -1.80. The van der Waals surface area contributed by atoms with Gasteiger partial charge in [-0.25, -0.2) is 0 Å². The van der Waals surface area contributed by atoms with Crippen molar-refractivity contribution < 1.29 is 9.47 Å². The molecule has 2 nitrogen and oxygen atoms in total. The first-order chi connectivity index (χ1) is 10.5. The zero-order valence-electron chi connectivity index (χ0n) is 13.6. The molecule has 2 aromatic carbocycles. The van der Waals surface area contributed by atoms with Gasteiger partial charge < -0.3 is 9.47 Å². The van der Waals surface area contributed by atoms with E-state index in [2.05, 4.69) is 51.1 Å². The summed E-state index contributed by atoms with van der Waals surface area (Å²) in [4.78, 5) is 0. The van der Waals surface area contributed by atoms with Gasteiger partial charge in [0, 0.05) is 12.0 Å². The molecule has 1 aliphatic heterocycles. The molecule has 0 spiro atoms. The van der Waals surface area contributed by atoms with Crippen LogP contribution in [-0.4, -0.2) is 6.61 Å². The van der Waals surface area contributed by atoms with Crippen LogP contribution in [0.5, 0.6) is 5.75 Å². The van der Waals surface area contributed by atoms with Crippen molar-refractivity contribution in [2.45, 2.75) is 45.3 Å². The summed E-state index contributed by atoms with van der Waals surface area (Å²) in [5.74, 6) is 0.960. The summed E-state index contributed by atoms with van der Waals surface area (Å²) in [5, 5.41) is 0. The lowest BCUT2D eigenvalue weighted by Gasteiger charge is -2.26. The van der Waals surface area contributed by atoms with E-state index in [1.54, 1.807) is 0 Å². The van der Waals surface area contributed by atoms with Gasteiger partial charge in [0.2, 0.25) is 0 Å². The number of para-hydroxylation sites is 1. The molecule has 22 heavy (non-hydrogen) atoms. The van der Waals surface area contributed by atoms with Crippen molar-refractivity contribution >= 4 is 0 Å². The van der Waals surface area contributed by atoms with E-state index in [0.29, 0.717) is 6.61 Å². The summed E-state index contributed by atoms with van der Waals surface area (Å²) in [6.45, 7) is 8.07. The summed E-state index contributed by atoms with van der Waals surface area (Å²) < 4.78 is 11.8. The lowest BCUT2D eigenvalue weighted by Crippen LogP contribution is -2.16. The molecule has 0 amide bonds. The molecule has 0 saturated heterocycles. The smallest absolute Gasteiger partial charge is 0.125 e. The summed E-state index contributed by atoms with van der Waals surface area (Å²) in [5.41, 5.74) is 3.93. The van der Waals surface area contributed by atoms with E-state index in [1.807, 2.05) is 18.2 Å². The molecule has 3 rings (SSSR count). The minimum atomic E-state index is 0.132. The maximum absolute atomic E-state index is 6.14. The van der Waals surface area contributed by atoms with E-state index in [9.17, 15) is 0 Å². The lowest BCUT2D eigenvalue weighted by atomic mass is 9.87. The minimum Gasteiger partial charge on any atom is -0.493 e. The van der Waals surface area contributed by atoms with Crippen molar-refractivity contribution in [1.82, 2.24) is 0 Å². The molecule has 0 radical (unpaired) electrons. The molecule has 0 aliphatic carbocycles. The van der Waals surface area contributed by atoms with Crippen LogP contribution in [0.1, 0.15) is 50.0 Å². The molecular formula is C20H24O2. The molecule has 0 saturated carbocycles. The third-order valence-electron chi connectivity index (χ3n) is 4.17. The van der Waals surface area contributed by atoms with Crippen LogP contribution in [0.4, 0.5) is 0 Å². The Labute approximate surface area is 133 Å². The first kappa shape index (κ1) is 15.1. The quantitative estimate of drug-likeness (QED) is 0.791. The predicted molar refractivity (Wildman–Crippen MR) is 89.2 cm³/mol. The van der Waals surface area contributed by atoms with Crippen molar-refractivity contribution in [2.75, 3.05) is 6.61 Å². The van der Waals surface area contributed by atoms with Crippen LogP contribution in [0.15, 0.2) is 48.5 Å². The standard InChI is InChI=1S/C20H24O2/c1-20(2,3)16-10-8-15(9-11-16)14-22-19-12-13-21-18-7-5-4-6-17(18)19/h4-11,19H,12-14H2,1-3H3. The van der Waals surface area contributed by atoms with Gasteiger partial charge in [-0.05, 0) is 22.6 Å². The maximum Gasteiger partial charge on any atom is 0.125 e. The highest BCUT2D eigenvalue weighted by Crippen LogP contribution is 2.34. The Morgan fingerprint density at radius 1 is 1.05 bits per heavy atom. The third-order valence-corrected chi connectivity index (χ3v) is 4.17. The summed E-state index contributed by atoms with van der Waals surface area (Å²) in [7, 11) is 0. The Morgan fingerprint density at radius 2 is 1.77 bits per heavy atom. The topological polar surface area (TPSA) is 18.5 Å². The molecule has 1 atom stereocenters. The zero-order valence-corrected chi connectivity index (χ0v) is 13.6. The van der Waals surface area contributed by atoms with Gasteiger partial charge >= 0.3 is 0 Å². The Kier molecular flexibility index (Phi) is 4.21. The second-order valence-corrected chi connectivity index (χ2v) is 6.92. The minimum absolute atomic E-state index is 0.132. The molecule has 2 aromatic rings. The van der Waals surface area contributed by atoms with Gasteiger partial charge in [0.1, 0.15) is 5.75 Å². The van der Waals surface area contributed by atoms with Crippen LogP contribution in [0.25, 0.3) is 0 Å². The number of rotatable bonds is 3. The number of fused-ring (bicyclic) bond motifs is 1. The lowest BCUT2D eigenvalue weighted by molar-refractivity contribution is 0.0127. The molecule has 116 valence electrons. The van der Waals surface area contributed by atoms with E-state index < -0.39 is 0 Å². The van der Waals surface area contributed by atoms with Crippen molar-refractivity contribution in [3.05, 3.63) is 65.2 Å². The SMILES string of the molecule is CC(C)(C)c1ccc(COC2CCOc3ccccc32)cc1. The molecule has 1 unspecified atom stereocenters. The summed E-state index contributed by atoms with van der Waals surface area (Å²) in [6.07, 6.45) is 1.05. The Balaban J connectivity index is 1.66. The summed E-state index contributed by atoms with van der Waals surface area (Å²) in [6, 6.07) is 16.9. The molecule has 2 heteroatoms. The highest BCUT2D eigenvalue weighted by atomic mass is 16.5. The Morgan fingerprint density at radius 3 is 2.50 bits per heavy atom. The molecule has 0 aromatic heterocycles. The zero-order chi connectivity index (χ0) is 15.6. The van der Waals surface area contributed by atoms with E-state index in [4.69, 9.17) is 9.47 Å². The van der Waals surface area contributed by atoms with Crippen LogP contribution in [0.2, 0.25) is 0 Å². The van der Waals surface area contributed by atoms with E-state index >= 15 is 0 Å². The van der Waals surface area contributed by atoms with Crippen LogP contribution in [0.3, 0.4) is 0 Å². The highest BCUT2D eigenvalue weighted by molar-refractivity contribution is 5.36. The average molecular weight is 296 g/mol. The van der Waals surface area contributed by atoms with Crippen molar-refractivity contribution in [1.29, 1.82) is 0 Å². The third kappa shape index (κ3) is 3.33. The fourth-order valence-corrected chi connectivity index (χ4v) is 2.78. The average Bonchev–Trinajstić information content (AvgIpc) is 2.52. The van der Waals surface area contributed by atoms with Gasteiger partial charge in [0.05, 0.1) is 19.3 Å². The van der Waals surface area contributed by atoms with Crippen molar-refractivity contribution in [3.8, 4) is 5.75 Å². The van der Waals surface area contributed by atoms with Gasteiger partial charge in [0.15, 0.2) is 0 Å². The van der Waals surface area contributed by atoms with E-state index in [1.165, 1.54) is 16.7 Å². The molecule has 0 bridgehead atoms. The van der Waals surface area contributed by atoms with Crippen molar-refractivity contribution in [3.63, 3.8) is 0 Å². The molecule has 0 N–H and O–H groups in total. The molecule has 0 fully saturated rings. The van der Waals surface area contributed by atoms with Crippen LogP contribution >= 0.6 is 0 Å². The van der Waals surface area contributed by atoms with Gasteiger partial charge in [-0.15, -0.1) is 0 Å². The predicted octanol–water partition coefficient (Wildman–Crippen LogP) is 5.02. The molecular weight excluding hydrogens is 272 g/mol. The van der Waals surface area contributed by atoms with Gasteiger partial charge in [-0.2, -0.15) is 0 Å². The molecule has 1 heterocycles. The summed E-state index contributed by atoms with van der Waals surface area (Å²) >= 11 is 0. The van der Waals surface area contributed by atoms with Crippen LogP contribution in [0, 0.1) is 0 Å². The first-order valence-electron chi connectivity index (χ1n) is 7.97. The largest absolute Gasteiger partial charge is 0.493 e. The fraction of sp³-hybridized carbons (Fsp3) is 0.400. The van der Waals surface area contributed by atoms with Crippen LogP contribution < -0.4 is 4.74 Å². The Bertz CT molecular complexity index is 623. The number of hydrogen-bond donors (Lipinski definition) is 0. The first-order valence-corrected chi connectivity index (χ1v) is 7.97. The molecule has 1 aliphatic rings. The maximum atomic E-state index is 6.14. The monoisotopic (exact) mass is 296 g/mol.